The second-order valence-electron chi connectivity index (χ2n) is 3.39. The van der Waals surface area contributed by atoms with Gasteiger partial charge in [-0.1, -0.05) is 6.92 Å². The van der Waals surface area contributed by atoms with Crippen LogP contribution in [0.4, 0.5) is 0 Å². The highest BCUT2D eigenvalue weighted by atomic mass is 32.2. The van der Waals surface area contributed by atoms with Gasteiger partial charge < -0.3 is 10.8 Å². The van der Waals surface area contributed by atoms with E-state index in [-0.39, 0.29) is 0 Å². The number of carbonyl (C=O) groups is 1. The van der Waals surface area contributed by atoms with Crippen molar-refractivity contribution in [3.63, 3.8) is 0 Å². The van der Waals surface area contributed by atoms with Crippen LogP contribution in [0.15, 0.2) is 0 Å². The van der Waals surface area contributed by atoms with Crippen LogP contribution < -0.4 is 5.73 Å². The van der Waals surface area contributed by atoms with Crippen LogP contribution in [0.25, 0.3) is 0 Å². The van der Waals surface area contributed by atoms with Crippen molar-refractivity contribution >= 4 is 17.7 Å². The Hall–Kier alpha value is -0.260. The van der Waals surface area contributed by atoms with Crippen LogP contribution >= 0.6 is 11.8 Å². The number of aliphatic carboxylic acids is 1. The molecule has 0 spiro atoms. The van der Waals surface area contributed by atoms with Gasteiger partial charge in [-0.2, -0.15) is 11.8 Å². The molecule has 2 unspecified atom stereocenters. The molecule has 76 valence electrons. The van der Waals surface area contributed by atoms with E-state index in [2.05, 4.69) is 11.8 Å². The molecule has 0 bridgehead atoms. The molecule has 1 heterocycles. The quantitative estimate of drug-likeness (QED) is 0.668. The molecule has 5 heteroatoms. The molecule has 3 N–H and O–H groups in total. The van der Waals surface area contributed by atoms with E-state index in [4.69, 9.17) is 10.8 Å². The predicted octanol–water partition coefficient (Wildman–Crippen LogP) is -0.164. The monoisotopic (exact) mass is 204 g/mol. The van der Waals surface area contributed by atoms with E-state index in [1.165, 1.54) is 0 Å². The fraction of sp³-hybridized carbons (Fsp3) is 0.875. The van der Waals surface area contributed by atoms with Crippen molar-refractivity contribution in [1.82, 2.24) is 4.90 Å². The Bertz CT molecular complexity index is 189. The predicted molar refractivity (Wildman–Crippen MR) is 54.0 cm³/mol. The molecule has 1 rings (SSSR count). The molecule has 1 fully saturated rings. The lowest BCUT2D eigenvalue weighted by atomic mass is 10.2. The highest BCUT2D eigenvalue weighted by Crippen LogP contribution is 2.17. The number of hydrogen-bond acceptors (Lipinski definition) is 4. The smallest absolute Gasteiger partial charge is 0.321 e. The fourth-order valence-corrected chi connectivity index (χ4v) is 2.49. The second kappa shape index (κ2) is 4.83. The van der Waals surface area contributed by atoms with Gasteiger partial charge in [-0.05, 0) is 0 Å². The lowest BCUT2D eigenvalue weighted by molar-refractivity contribution is -0.139. The molecule has 0 aromatic heterocycles. The summed E-state index contributed by atoms with van der Waals surface area (Å²) in [6.45, 7) is 4.53. The highest BCUT2D eigenvalue weighted by Gasteiger charge is 2.21. The van der Waals surface area contributed by atoms with Crippen molar-refractivity contribution in [2.75, 3.05) is 25.4 Å². The maximum atomic E-state index is 10.5. The van der Waals surface area contributed by atoms with Crippen LogP contribution in [0.1, 0.15) is 6.92 Å². The number of carboxylic acid groups (broad SMARTS) is 1. The summed E-state index contributed by atoms with van der Waals surface area (Å²) >= 11 is 1.93. The van der Waals surface area contributed by atoms with E-state index in [1.54, 1.807) is 0 Å². The highest BCUT2D eigenvalue weighted by molar-refractivity contribution is 7.99. The molecular weight excluding hydrogens is 188 g/mol. The average Bonchev–Trinajstić information content (AvgIpc) is 2.04. The second-order valence-corrected chi connectivity index (χ2v) is 4.93. The van der Waals surface area contributed by atoms with E-state index in [0.717, 1.165) is 18.8 Å². The molecule has 2 atom stereocenters. The number of thioether (sulfide) groups is 1. The zero-order chi connectivity index (χ0) is 9.84. The molecule has 0 amide bonds. The maximum absolute atomic E-state index is 10.5. The number of nitrogens with zero attached hydrogens (tertiary/aromatic N) is 1. The topological polar surface area (TPSA) is 66.6 Å². The lowest BCUT2D eigenvalue weighted by Crippen LogP contribution is -2.47. The van der Waals surface area contributed by atoms with Crippen LogP contribution in [-0.2, 0) is 4.79 Å². The first-order valence-corrected chi connectivity index (χ1v) is 5.47. The molecule has 0 saturated carbocycles. The molecule has 1 saturated heterocycles. The van der Waals surface area contributed by atoms with Gasteiger partial charge in [0.1, 0.15) is 6.04 Å². The van der Waals surface area contributed by atoms with Crippen molar-refractivity contribution in [2.45, 2.75) is 18.2 Å². The van der Waals surface area contributed by atoms with Crippen LogP contribution in [0.2, 0.25) is 0 Å². The Kier molecular flexibility index (Phi) is 4.02. The molecule has 0 aliphatic carbocycles. The SMILES string of the molecule is CC1CN(CC(N)C(=O)O)CCS1. The Morgan fingerprint density at radius 3 is 3.08 bits per heavy atom. The molecule has 4 nitrogen and oxygen atoms in total. The van der Waals surface area contributed by atoms with E-state index in [1.807, 2.05) is 11.8 Å². The average molecular weight is 204 g/mol. The summed E-state index contributed by atoms with van der Waals surface area (Å²) in [5, 5.41) is 9.21. The van der Waals surface area contributed by atoms with E-state index >= 15 is 0 Å². The van der Waals surface area contributed by atoms with Crippen molar-refractivity contribution in [3.8, 4) is 0 Å². The number of rotatable bonds is 3. The summed E-state index contributed by atoms with van der Waals surface area (Å²) in [7, 11) is 0. The summed E-state index contributed by atoms with van der Waals surface area (Å²) in [5.41, 5.74) is 5.44. The maximum Gasteiger partial charge on any atom is 0.321 e. The molecule has 0 aromatic rings. The Morgan fingerprint density at radius 1 is 1.85 bits per heavy atom. The van der Waals surface area contributed by atoms with Gasteiger partial charge in [0.05, 0.1) is 0 Å². The third kappa shape index (κ3) is 3.54. The van der Waals surface area contributed by atoms with Crippen molar-refractivity contribution in [2.24, 2.45) is 5.73 Å². The minimum Gasteiger partial charge on any atom is -0.480 e. The van der Waals surface area contributed by atoms with Crippen LogP contribution in [0.5, 0.6) is 0 Å². The van der Waals surface area contributed by atoms with Crippen molar-refractivity contribution in [3.05, 3.63) is 0 Å². The van der Waals surface area contributed by atoms with Gasteiger partial charge in [0, 0.05) is 30.6 Å². The van der Waals surface area contributed by atoms with E-state index in [9.17, 15) is 4.79 Å². The van der Waals surface area contributed by atoms with Gasteiger partial charge in [0.15, 0.2) is 0 Å². The van der Waals surface area contributed by atoms with E-state index < -0.39 is 12.0 Å². The fourth-order valence-electron chi connectivity index (χ4n) is 1.41. The number of hydrogen-bond donors (Lipinski definition) is 2. The molecule has 0 radical (unpaired) electrons. The van der Waals surface area contributed by atoms with Crippen LogP contribution in [-0.4, -0.2) is 52.7 Å². The summed E-state index contributed by atoms with van der Waals surface area (Å²) in [6.07, 6.45) is 0. The van der Waals surface area contributed by atoms with Gasteiger partial charge in [-0.3, -0.25) is 9.69 Å². The molecular formula is C8H16N2O2S. The zero-order valence-corrected chi connectivity index (χ0v) is 8.59. The summed E-state index contributed by atoms with van der Waals surface area (Å²) in [4.78, 5) is 12.6. The summed E-state index contributed by atoms with van der Waals surface area (Å²) in [6, 6.07) is -0.740. The van der Waals surface area contributed by atoms with E-state index in [0.29, 0.717) is 11.8 Å². The minimum atomic E-state index is -0.911. The standard InChI is InChI=1S/C8H16N2O2S/c1-6-4-10(2-3-13-6)5-7(9)8(11)12/h6-7H,2-5,9H2,1H3,(H,11,12). The first kappa shape index (κ1) is 10.8. The number of carboxylic acids is 1. The lowest BCUT2D eigenvalue weighted by Gasteiger charge is -2.31. The normalized spacial score (nSPS) is 27.1. The first-order valence-electron chi connectivity index (χ1n) is 4.42. The van der Waals surface area contributed by atoms with Gasteiger partial charge in [0.25, 0.3) is 0 Å². The van der Waals surface area contributed by atoms with Crippen molar-refractivity contribution in [1.29, 1.82) is 0 Å². The molecule has 1 aliphatic heterocycles. The third-order valence-electron chi connectivity index (χ3n) is 2.10. The Balaban J connectivity index is 2.31. The van der Waals surface area contributed by atoms with Crippen LogP contribution in [0, 0.1) is 0 Å². The Morgan fingerprint density at radius 2 is 2.54 bits per heavy atom. The first-order chi connectivity index (χ1) is 6.09. The van der Waals surface area contributed by atoms with Gasteiger partial charge in [-0.15, -0.1) is 0 Å². The number of nitrogens with two attached hydrogens (primary N) is 1. The van der Waals surface area contributed by atoms with Gasteiger partial charge >= 0.3 is 5.97 Å². The minimum absolute atomic E-state index is 0.472. The largest absolute Gasteiger partial charge is 0.480 e. The zero-order valence-electron chi connectivity index (χ0n) is 7.77. The summed E-state index contributed by atoms with van der Waals surface area (Å²) in [5.74, 6) is 0.166. The van der Waals surface area contributed by atoms with Crippen molar-refractivity contribution < 1.29 is 9.90 Å². The Labute approximate surface area is 82.5 Å². The summed E-state index contributed by atoms with van der Waals surface area (Å²) < 4.78 is 0. The molecule has 0 aromatic carbocycles. The van der Waals surface area contributed by atoms with Gasteiger partial charge in [-0.25, -0.2) is 0 Å². The molecule has 13 heavy (non-hydrogen) atoms. The third-order valence-corrected chi connectivity index (χ3v) is 3.23. The van der Waals surface area contributed by atoms with Crippen LogP contribution in [0.3, 0.4) is 0 Å². The van der Waals surface area contributed by atoms with Gasteiger partial charge in [0.2, 0.25) is 0 Å². The molecule has 1 aliphatic rings.